The molecule has 1 heterocycles. The maximum absolute atomic E-state index is 14.2. The van der Waals surface area contributed by atoms with Crippen LogP contribution in [0.5, 0.6) is 0 Å². The number of halogens is 1. The summed E-state index contributed by atoms with van der Waals surface area (Å²) in [6.07, 6.45) is 3.71. The molecule has 0 bridgehead atoms. The van der Waals surface area contributed by atoms with Gasteiger partial charge < -0.3 is 14.2 Å². The van der Waals surface area contributed by atoms with Gasteiger partial charge in [0.1, 0.15) is 6.17 Å². The molecule has 0 amide bonds. The highest BCUT2D eigenvalue weighted by Crippen LogP contribution is 2.40. The van der Waals surface area contributed by atoms with E-state index in [9.17, 15) is 4.39 Å². The van der Waals surface area contributed by atoms with Crippen LogP contribution in [0.3, 0.4) is 0 Å². The zero-order valence-corrected chi connectivity index (χ0v) is 15.8. The summed E-state index contributed by atoms with van der Waals surface area (Å²) in [4.78, 5) is 9.85. The van der Waals surface area contributed by atoms with E-state index in [1.807, 2.05) is 46.7 Å². The predicted octanol–water partition coefficient (Wildman–Crippen LogP) is 3.08. The third-order valence-corrected chi connectivity index (χ3v) is 4.23. The molecule has 1 aliphatic rings. The smallest absolute Gasteiger partial charge is 0.399 e. The molecule has 1 saturated heterocycles. The van der Waals surface area contributed by atoms with Crippen LogP contribution in [-0.2, 0) is 9.31 Å². The van der Waals surface area contributed by atoms with Crippen LogP contribution in [0.4, 0.5) is 4.39 Å². The van der Waals surface area contributed by atoms with E-state index in [0.29, 0.717) is 17.6 Å². The van der Waals surface area contributed by atoms with Gasteiger partial charge in [0.05, 0.1) is 24.1 Å². The van der Waals surface area contributed by atoms with Crippen molar-refractivity contribution >= 4 is 20.2 Å². The van der Waals surface area contributed by atoms with Gasteiger partial charge >= 0.3 is 7.12 Å². The summed E-state index contributed by atoms with van der Waals surface area (Å²) >= 11 is 0. The van der Waals surface area contributed by atoms with Crippen LogP contribution in [0.1, 0.15) is 34.6 Å². The van der Waals surface area contributed by atoms with Crippen molar-refractivity contribution in [3.63, 3.8) is 0 Å². The van der Waals surface area contributed by atoms with Gasteiger partial charge in [-0.1, -0.05) is 6.08 Å². The summed E-state index contributed by atoms with van der Waals surface area (Å²) in [7, 11) is 3.06. The van der Waals surface area contributed by atoms with Crippen molar-refractivity contribution in [3.05, 3.63) is 23.3 Å². The Labute approximate surface area is 145 Å². The molecule has 0 aromatic rings. The fourth-order valence-electron chi connectivity index (χ4n) is 2.21. The number of nitrogens with zero attached hydrogens (tertiary/aromatic N) is 3. The Hall–Kier alpha value is -1.47. The van der Waals surface area contributed by atoms with Crippen LogP contribution in [0, 0.1) is 0 Å². The molecule has 0 aromatic heterocycles. The van der Waals surface area contributed by atoms with E-state index in [4.69, 9.17) is 9.31 Å². The van der Waals surface area contributed by atoms with Gasteiger partial charge in [0.15, 0.2) is 0 Å². The first kappa shape index (κ1) is 20.6. The van der Waals surface area contributed by atoms with E-state index in [0.717, 1.165) is 0 Å². The monoisotopic (exact) mass is 337 g/mol. The molecule has 134 valence electrons. The largest absolute Gasteiger partial charge is 0.496 e. The number of hydrogen-bond donors (Lipinski definition) is 0. The quantitative estimate of drug-likeness (QED) is 0.310. The van der Waals surface area contributed by atoms with Gasteiger partial charge in [0.25, 0.3) is 0 Å². The molecular weight excluding hydrogens is 308 g/mol. The lowest BCUT2D eigenvalue weighted by atomic mass is 9.73. The van der Waals surface area contributed by atoms with Crippen molar-refractivity contribution in [2.75, 3.05) is 20.6 Å². The van der Waals surface area contributed by atoms with Crippen molar-refractivity contribution in [2.24, 2.45) is 9.98 Å². The number of allylic oxidation sites excluding steroid dienone is 2. The van der Waals surface area contributed by atoms with Gasteiger partial charge in [0.2, 0.25) is 0 Å². The van der Waals surface area contributed by atoms with Gasteiger partial charge in [-0.3, -0.25) is 9.98 Å². The van der Waals surface area contributed by atoms with Gasteiger partial charge in [0, 0.05) is 25.8 Å². The molecule has 7 heteroatoms. The maximum atomic E-state index is 14.2. The Morgan fingerprint density at radius 3 is 2.21 bits per heavy atom. The SMILES string of the molecule is C=N/C=C(B1OC(C)(C)C(C)(C)O1)\C(=C/CN=CN(C)C)C(C)F. The summed E-state index contributed by atoms with van der Waals surface area (Å²) in [5.41, 5.74) is -0.0207. The van der Waals surface area contributed by atoms with Crippen LogP contribution in [0.2, 0.25) is 0 Å². The van der Waals surface area contributed by atoms with Crippen molar-refractivity contribution in [2.45, 2.75) is 52.0 Å². The van der Waals surface area contributed by atoms with Crippen LogP contribution >= 0.6 is 0 Å². The zero-order chi connectivity index (χ0) is 18.5. The first-order valence-corrected chi connectivity index (χ1v) is 8.04. The van der Waals surface area contributed by atoms with Gasteiger partial charge in [-0.25, -0.2) is 4.39 Å². The Kier molecular flexibility index (Phi) is 6.92. The standard InChI is InChI=1S/C17H29BFN3O2/c1-13(19)14(9-10-21-12-22(7)8)15(11-20-6)18-23-16(2,3)17(4,5)24-18/h9,11-13H,6,10H2,1-5,7-8H3/b14-9-,15-11+,21-12?. The summed E-state index contributed by atoms with van der Waals surface area (Å²) in [5, 5.41) is 0. The highest BCUT2D eigenvalue weighted by molar-refractivity contribution is 6.56. The molecule has 1 fully saturated rings. The molecule has 0 saturated carbocycles. The molecule has 1 aliphatic heterocycles. The summed E-state index contributed by atoms with van der Waals surface area (Å²) in [6, 6.07) is 0. The van der Waals surface area contributed by atoms with Crippen molar-refractivity contribution in [3.8, 4) is 0 Å². The second-order valence-electron chi connectivity index (χ2n) is 7.07. The zero-order valence-electron chi connectivity index (χ0n) is 15.8. The van der Waals surface area contributed by atoms with Crippen LogP contribution in [0.15, 0.2) is 33.3 Å². The molecule has 24 heavy (non-hydrogen) atoms. The molecule has 1 rings (SSSR count). The molecule has 5 nitrogen and oxygen atoms in total. The fraction of sp³-hybridized carbons (Fsp3) is 0.647. The van der Waals surface area contributed by atoms with E-state index in [1.54, 1.807) is 12.4 Å². The Balaban J connectivity index is 3.10. The third kappa shape index (κ3) is 5.01. The first-order valence-electron chi connectivity index (χ1n) is 8.04. The molecule has 0 aliphatic carbocycles. The molecule has 1 unspecified atom stereocenters. The highest BCUT2D eigenvalue weighted by atomic mass is 19.1. The van der Waals surface area contributed by atoms with Crippen LogP contribution < -0.4 is 0 Å². The average molecular weight is 337 g/mol. The minimum atomic E-state index is -1.20. The van der Waals surface area contributed by atoms with Crippen molar-refractivity contribution in [1.29, 1.82) is 0 Å². The van der Waals surface area contributed by atoms with Gasteiger partial charge in [-0.05, 0) is 46.9 Å². The van der Waals surface area contributed by atoms with Gasteiger partial charge in [-0.15, -0.1) is 0 Å². The van der Waals surface area contributed by atoms with E-state index in [2.05, 4.69) is 16.7 Å². The normalized spacial score (nSPS) is 22.1. The molecule has 0 N–H and O–H groups in total. The van der Waals surface area contributed by atoms with Crippen LogP contribution in [0.25, 0.3) is 0 Å². The van der Waals surface area contributed by atoms with E-state index < -0.39 is 24.5 Å². The molecular formula is C17H29BFN3O2. The molecule has 1 atom stereocenters. The lowest BCUT2D eigenvalue weighted by molar-refractivity contribution is 0.00578. The van der Waals surface area contributed by atoms with Crippen molar-refractivity contribution < 1.29 is 13.7 Å². The lowest BCUT2D eigenvalue weighted by Crippen LogP contribution is -2.41. The average Bonchev–Trinajstić information content (AvgIpc) is 2.64. The molecule has 0 aromatic carbocycles. The predicted molar refractivity (Wildman–Crippen MR) is 99.4 cm³/mol. The van der Waals surface area contributed by atoms with E-state index >= 15 is 0 Å². The van der Waals surface area contributed by atoms with Crippen molar-refractivity contribution in [1.82, 2.24) is 4.90 Å². The minimum Gasteiger partial charge on any atom is -0.399 e. The number of alkyl halides is 1. The van der Waals surface area contributed by atoms with Crippen LogP contribution in [-0.4, -0.2) is 63.1 Å². The van der Waals surface area contributed by atoms with E-state index in [-0.39, 0.29) is 0 Å². The summed E-state index contributed by atoms with van der Waals surface area (Å²) < 4.78 is 26.3. The maximum Gasteiger partial charge on any atom is 0.496 e. The minimum absolute atomic E-state index is 0.357. The van der Waals surface area contributed by atoms with E-state index in [1.165, 1.54) is 13.1 Å². The Morgan fingerprint density at radius 1 is 1.25 bits per heavy atom. The summed E-state index contributed by atoms with van der Waals surface area (Å²) in [6.45, 7) is 13.1. The Bertz CT molecular complexity index is 524. The first-order chi connectivity index (χ1) is 11.0. The number of aliphatic imine (C=N–C) groups is 2. The fourth-order valence-corrected chi connectivity index (χ4v) is 2.21. The van der Waals surface area contributed by atoms with Gasteiger partial charge in [-0.2, -0.15) is 0 Å². The summed E-state index contributed by atoms with van der Waals surface area (Å²) in [5.74, 6) is 0. The second kappa shape index (κ2) is 8.07. The molecule has 0 spiro atoms. The topological polar surface area (TPSA) is 46.4 Å². The highest BCUT2D eigenvalue weighted by Gasteiger charge is 2.53. The second-order valence-corrected chi connectivity index (χ2v) is 7.07. The lowest BCUT2D eigenvalue weighted by Gasteiger charge is -2.32. The third-order valence-electron chi connectivity index (χ3n) is 4.23. The Morgan fingerprint density at radius 2 is 1.79 bits per heavy atom. The molecule has 0 radical (unpaired) electrons. The number of rotatable bonds is 7. The number of hydrogen-bond acceptors (Lipinski definition) is 4.